The van der Waals surface area contributed by atoms with Crippen LogP contribution < -0.4 is 0 Å². The van der Waals surface area contributed by atoms with Crippen LogP contribution in [-0.4, -0.2) is 48.3 Å². The quantitative estimate of drug-likeness (QED) is 0.520. The molecule has 0 aromatic heterocycles. The average Bonchev–Trinajstić information content (AvgIpc) is 2.44. The minimum atomic E-state index is -0.432. The first-order chi connectivity index (χ1) is 6.54. The summed E-state index contributed by atoms with van der Waals surface area (Å²) in [6, 6.07) is -0.313. The number of ether oxygens (including phenoxy) is 1. The number of rotatable bonds is 3. The normalized spacial score (nSPS) is 27.6. The van der Waals surface area contributed by atoms with Crippen LogP contribution in [0.25, 0.3) is 0 Å². The number of carbonyl (C=O) groups is 1. The molecule has 0 aromatic rings. The van der Waals surface area contributed by atoms with Gasteiger partial charge in [0.2, 0.25) is 0 Å². The molecule has 1 heterocycles. The van der Waals surface area contributed by atoms with E-state index in [4.69, 9.17) is 0 Å². The highest BCUT2D eigenvalue weighted by molar-refractivity contribution is 5.76. The molecule has 4 nitrogen and oxygen atoms in total. The van der Waals surface area contributed by atoms with Gasteiger partial charge in [-0.2, -0.15) is 0 Å². The highest BCUT2D eigenvalue weighted by Crippen LogP contribution is 2.19. The van der Waals surface area contributed by atoms with Crippen molar-refractivity contribution in [3.8, 4) is 0 Å². The second-order valence-corrected chi connectivity index (χ2v) is 3.82. The molecule has 2 atom stereocenters. The molecule has 0 spiro atoms. The number of aliphatic hydroxyl groups is 1. The van der Waals surface area contributed by atoms with Gasteiger partial charge in [-0.25, -0.2) is 0 Å². The van der Waals surface area contributed by atoms with E-state index in [2.05, 4.69) is 11.3 Å². The molecule has 1 N–H and O–H groups in total. The van der Waals surface area contributed by atoms with Gasteiger partial charge in [0.1, 0.15) is 6.04 Å². The maximum Gasteiger partial charge on any atom is 0.323 e. The van der Waals surface area contributed by atoms with E-state index < -0.39 is 6.10 Å². The Morgan fingerprint density at radius 3 is 2.86 bits per heavy atom. The lowest BCUT2D eigenvalue weighted by molar-refractivity contribution is -0.145. The molecule has 1 fully saturated rings. The number of nitrogens with zero attached hydrogens (tertiary/aromatic N) is 1. The van der Waals surface area contributed by atoms with E-state index in [1.807, 2.05) is 11.8 Å². The first-order valence-corrected chi connectivity index (χ1v) is 4.69. The van der Waals surface area contributed by atoms with Crippen molar-refractivity contribution in [3.63, 3.8) is 0 Å². The molecular formula is C10H17NO3. The van der Waals surface area contributed by atoms with E-state index in [9.17, 15) is 9.90 Å². The zero-order chi connectivity index (χ0) is 10.7. The standard InChI is InChI=1S/C10H17NO3/c1-7(2)5-11-6-8(12)4-9(11)10(13)14-3/h8-9,12H,1,4-6H2,2-3H3. The van der Waals surface area contributed by atoms with Crippen LogP contribution in [0, 0.1) is 0 Å². The Bertz CT molecular complexity index is 240. The summed E-state index contributed by atoms with van der Waals surface area (Å²) in [5.74, 6) is -0.275. The maximum absolute atomic E-state index is 11.3. The highest BCUT2D eigenvalue weighted by atomic mass is 16.5. The van der Waals surface area contributed by atoms with Gasteiger partial charge in [0, 0.05) is 19.5 Å². The summed E-state index contributed by atoms with van der Waals surface area (Å²) in [6.45, 7) is 6.85. The van der Waals surface area contributed by atoms with Crippen molar-refractivity contribution in [2.45, 2.75) is 25.5 Å². The number of esters is 1. The van der Waals surface area contributed by atoms with Crippen LogP contribution in [0.3, 0.4) is 0 Å². The molecule has 14 heavy (non-hydrogen) atoms. The van der Waals surface area contributed by atoms with Gasteiger partial charge >= 0.3 is 5.97 Å². The Morgan fingerprint density at radius 1 is 1.71 bits per heavy atom. The number of methoxy groups -OCH3 is 1. The zero-order valence-electron chi connectivity index (χ0n) is 8.69. The minimum Gasteiger partial charge on any atom is -0.468 e. The van der Waals surface area contributed by atoms with E-state index in [1.54, 1.807) is 0 Å². The zero-order valence-corrected chi connectivity index (χ0v) is 8.69. The fraction of sp³-hybridized carbons (Fsp3) is 0.700. The summed E-state index contributed by atoms with van der Waals surface area (Å²) in [4.78, 5) is 13.2. The van der Waals surface area contributed by atoms with Crippen molar-refractivity contribution in [1.29, 1.82) is 0 Å². The lowest BCUT2D eigenvalue weighted by Crippen LogP contribution is -2.37. The first kappa shape index (κ1) is 11.2. The molecule has 1 aliphatic rings. The van der Waals surface area contributed by atoms with Gasteiger partial charge in [0.15, 0.2) is 0 Å². The maximum atomic E-state index is 11.3. The Balaban J connectivity index is 2.62. The van der Waals surface area contributed by atoms with E-state index in [-0.39, 0.29) is 12.0 Å². The number of likely N-dealkylation sites (tertiary alicyclic amines) is 1. The van der Waals surface area contributed by atoms with Crippen molar-refractivity contribution in [3.05, 3.63) is 12.2 Å². The fourth-order valence-corrected chi connectivity index (χ4v) is 1.78. The van der Waals surface area contributed by atoms with E-state index in [0.29, 0.717) is 19.5 Å². The Hall–Kier alpha value is -0.870. The van der Waals surface area contributed by atoms with Gasteiger partial charge in [0.25, 0.3) is 0 Å². The van der Waals surface area contributed by atoms with Crippen LogP contribution in [-0.2, 0) is 9.53 Å². The molecule has 1 rings (SSSR count). The minimum absolute atomic E-state index is 0.275. The second-order valence-electron chi connectivity index (χ2n) is 3.82. The fourth-order valence-electron chi connectivity index (χ4n) is 1.78. The van der Waals surface area contributed by atoms with Gasteiger partial charge in [-0.05, 0) is 6.92 Å². The van der Waals surface area contributed by atoms with Crippen molar-refractivity contribution < 1.29 is 14.6 Å². The van der Waals surface area contributed by atoms with Crippen LogP contribution in [0.1, 0.15) is 13.3 Å². The van der Waals surface area contributed by atoms with Crippen LogP contribution in [0.2, 0.25) is 0 Å². The second kappa shape index (κ2) is 4.57. The lowest BCUT2D eigenvalue weighted by Gasteiger charge is -2.21. The van der Waals surface area contributed by atoms with Crippen molar-refractivity contribution in [1.82, 2.24) is 4.90 Å². The molecule has 2 unspecified atom stereocenters. The predicted molar refractivity (Wildman–Crippen MR) is 52.8 cm³/mol. The van der Waals surface area contributed by atoms with Gasteiger partial charge in [-0.15, -0.1) is 0 Å². The monoisotopic (exact) mass is 199 g/mol. The highest BCUT2D eigenvalue weighted by Gasteiger charge is 2.36. The average molecular weight is 199 g/mol. The summed E-state index contributed by atoms with van der Waals surface area (Å²) in [5.41, 5.74) is 0.980. The van der Waals surface area contributed by atoms with Crippen LogP contribution >= 0.6 is 0 Å². The molecule has 80 valence electrons. The first-order valence-electron chi connectivity index (χ1n) is 4.69. The summed E-state index contributed by atoms with van der Waals surface area (Å²) in [5, 5.41) is 9.45. The molecule has 0 radical (unpaired) electrons. The van der Waals surface area contributed by atoms with Crippen LogP contribution in [0.4, 0.5) is 0 Å². The lowest BCUT2D eigenvalue weighted by atomic mass is 10.2. The Labute approximate surface area is 84.2 Å². The van der Waals surface area contributed by atoms with Gasteiger partial charge in [-0.1, -0.05) is 12.2 Å². The number of hydrogen-bond donors (Lipinski definition) is 1. The van der Waals surface area contributed by atoms with Crippen LogP contribution in [0.5, 0.6) is 0 Å². The SMILES string of the molecule is C=C(C)CN1CC(O)CC1C(=O)OC. The number of hydrogen-bond acceptors (Lipinski definition) is 4. The molecule has 1 aliphatic heterocycles. The molecule has 0 aliphatic carbocycles. The van der Waals surface area contributed by atoms with Crippen molar-refractivity contribution in [2.75, 3.05) is 20.2 Å². The van der Waals surface area contributed by atoms with Crippen molar-refractivity contribution in [2.24, 2.45) is 0 Å². The third kappa shape index (κ3) is 2.56. The Kier molecular flexibility index (Phi) is 3.66. The van der Waals surface area contributed by atoms with Crippen LogP contribution in [0.15, 0.2) is 12.2 Å². The number of carbonyl (C=O) groups excluding carboxylic acids is 1. The molecule has 4 heteroatoms. The third-order valence-electron chi connectivity index (χ3n) is 2.33. The molecular weight excluding hydrogens is 182 g/mol. The van der Waals surface area contributed by atoms with E-state index >= 15 is 0 Å². The van der Waals surface area contributed by atoms with Crippen molar-refractivity contribution >= 4 is 5.97 Å². The summed E-state index contributed by atoms with van der Waals surface area (Å²) in [6.07, 6.45) is 0.0263. The van der Waals surface area contributed by atoms with Gasteiger partial charge < -0.3 is 9.84 Å². The smallest absolute Gasteiger partial charge is 0.323 e. The van der Waals surface area contributed by atoms with E-state index in [1.165, 1.54) is 7.11 Å². The summed E-state index contributed by atoms with van der Waals surface area (Å²) >= 11 is 0. The largest absolute Gasteiger partial charge is 0.468 e. The van der Waals surface area contributed by atoms with Gasteiger partial charge in [0.05, 0.1) is 13.2 Å². The van der Waals surface area contributed by atoms with Gasteiger partial charge in [-0.3, -0.25) is 9.69 Å². The molecule has 0 amide bonds. The number of aliphatic hydroxyl groups excluding tert-OH is 1. The predicted octanol–water partition coefficient (Wildman–Crippen LogP) is 0.171. The molecule has 0 saturated carbocycles. The summed E-state index contributed by atoms with van der Waals surface area (Å²) < 4.78 is 4.67. The topological polar surface area (TPSA) is 49.8 Å². The molecule has 1 saturated heterocycles. The third-order valence-corrected chi connectivity index (χ3v) is 2.33. The molecule has 0 aromatic carbocycles. The number of β-amino-alcohol motifs (C(OH)–C–C–N with tert-alkyl or cyclic N) is 1. The molecule has 0 bridgehead atoms. The Morgan fingerprint density at radius 2 is 2.36 bits per heavy atom. The summed E-state index contributed by atoms with van der Waals surface area (Å²) in [7, 11) is 1.37. The van der Waals surface area contributed by atoms with E-state index in [0.717, 1.165) is 5.57 Å².